The van der Waals surface area contributed by atoms with Crippen LogP contribution in [0.5, 0.6) is 0 Å². The molecule has 0 amide bonds. The molecule has 0 aromatic rings. The van der Waals surface area contributed by atoms with Crippen molar-refractivity contribution in [3.05, 3.63) is 0 Å². The van der Waals surface area contributed by atoms with Gasteiger partial charge in [0.05, 0.1) is 0 Å². The van der Waals surface area contributed by atoms with Crippen molar-refractivity contribution in [1.29, 1.82) is 0 Å². The van der Waals surface area contributed by atoms with Crippen molar-refractivity contribution in [3.63, 3.8) is 0 Å². The lowest BCUT2D eigenvalue weighted by molar-refractivity contribution is 1.05. The molecule has 0 bridgehead atoms. The van der Waals surface area contributed by atoms with Gasteiger partial charge in [-0.15, -0.1) is 47.4 Å². The molecule has 0 unspecified atom stereocenters. The Balaban J connectivity index is -0.0000000833. The van der Waals surface area contributed by atoms with E-state index < -0.39 is 0 Å². The van der Waals surface area contributed by atoms with Crippen LogP contribution in [0, 0.1) is 0 Å². The minimum absolute atomic E-state index is 0. The predicted molar refractivity (Wildman–Crippen MR) is 36.3 cm³/mol. The van der Waals surface area contributed by atoms with E-state index in [1.54, 1.807) is 0 Å². The standard InChI is InChI=1S/CH2N4.3ClH/c1-2-4-5-3-1;;;/h1H2;3*1H. The molecule has 0 saturated carbocycles. The lowest BCUT2D eigenvalue weighted by Gasteiger charge is -1.52. The van der Waals surface area contributed by atoms with E-state index in [2.05, 4.69) is 20.7 Å². The molecular weight excluding hydrogens is 174 g/mol. The molecule has 0 radical (unpaired) electrons. The van der Waals surface area contributed by atoms with Crippen LogP contribution in [-0.4, -0.2) is 6.67 Å². The molecule has 1 aliphatic heterocycles. The number of nitrogens with zero attached hydrogens (tertiary/aromatic N) is 4. The van der Waals surface area contributed by atoms with Crippen LogP contribution in [-0.2, 0) is 0 Å². The average Bonchev–Trinajstić information content (AvgIpc) is 1.76. The van der Waals surface area contributed by atoms with Crippen molar-refractivity contribution >= 4 is 37.2 Å². The van der Waals surface area contributed by atoms with E-state index in [4.69, 9.17) is 0 Å². The molecule has 1 rings (SSSR count). The maximum absolute atomic E-state index is 3.38. The van der Waals surface area contributed by atoms with Crippen molar-refractivity contribution in [3.8, 4) is 0 Å². The highest BCUT2D eigenvalue weighted by Crippen LogP contribution is 1.87. The first-order chi connectivity index (χ1) is 2.50. The number of hydrogen-bond acceptors (Lipinski definition) is 4. The molecule has 1 heterocycles. The van der Waals surface area contributed by atoms with Crippen LogP contribution in [0.15, 0.2) is 20.7 Å². The van der Waals surface area contributed by atoms with Crippen molar-refractivity contribution < 1.29 is 0 Å². The zero-order valence-electron chi connectivity index (χ0n) is 3.72. The zero-order chi connectivity index (χ0) is 3.54. The van der Waals surface area contributed by atoms with Crippen LogP contribution < -0.4 is 0 Å². The van der Waals surface area contributed by atoms with E-state index in [0.29, 0.717) is 6.67 Å². The van der Waals surface area contributed by atoms with Crippen LogP contribution in [0.1, 0.15) is 0 Å². The van der Waals surface area contributed by atoms with E-state index in [1.165, 1.54) is 0 Å². The predicted octanol–water partition coefficient (Wildman–Crippen LogP) is 2.04. The second-order valence-electron chi connectivity index (χ2n) is 0.603. The maximum atomic E-state index is 3.38. The quantitative estimate of drug-likeness (QED) is 0.546. The highest BCUT2D eigenvalue weighted by molar-refractivity contribution is 5.86. The van der Waals surface area contributed by atoms with Crippen molar-refractivity contribution in [1.82, 2.24) is 0 Å². The molecule has 0 aromatic carbocycles. The van der Waals surface area contributed by atoms with Gasteiger partial charge in [-0.1, -0.05) is 0 Å². The second kappa shape index (κ2) is 10.1. The van der Waals surface area contributed by atoms with Gasteiger partial charge >= 0.3 is 0 Å². The third kappa shape index (κ3) is 6.07. The molecule has 0 saturated heterocycles. The summed E-state index contributed by atoms with van der Waals surface area (Å²) in [6, 6.07) is 0. The van der Waals surface area contributed by atoms with Crippen molar-refractivity contribution in [2.75, 3.05) is 6.67 Å². The Hall–Kier alpha value is 0.0700. The molecule has 0 aliphatic carbocycles. The first-order valence-electron chi connectivity index (χ1n) is 1.23. The van der Waals surface area contributed by atoms with Gasteiger partial charge in [-0.05, 0) is 10.4 Å². The van der Waals surface area contributed by atoms with Gasteiger partial charge in [-0.3, -0.25) is 0 Å². The third-order valence-corrected chi connectivity index (χ3v) is 0.293. The second-order valence-corrected chi connectivity index (χ2v) is 0.603. The fourth-order valence-electron chi connectivity index (χ4n) is 0.141. The van der Waals surface area contributed by atoms with Gasteiger partial charge in [0, 0.05) is 0 Å². The fraction of sp³-hybridized carbons (Fsp3) is 1.00. The molecule has 0 aromatic heterocycles. The summed E-state index contributed by atoms with van der Waals surface area (Å²) in [5, 5.41) is 13.1. The average molecular weight is 179 g/mol. The monoisotopic (exact) mass is 178 g/mol. The van der Waals surface area contributed by atoms with E-state index in [9.17, 15) is 0 Å². The summed E-state index contributed by atoms with van der Waals surface area (Å²) in [6.07, 6.45) is 0. The molecule has 50 valence electrons. The Kier molecular flexibility index (Phi) is 19.9. The Morgan fingerprint density at radius 3 is 1.25 bits per heavy atom. The number of rotatable bonds is 0. The minimum atomic E-state index is 0. The van der Waals surface area contributed by atoms with E-state index in [0.717, 1.165) is 0 Å². The van der Waals surface area contributed by atoms with Crippen LogP contribution >= 0.6 is 37.2 Å². The molecule has 4 nitrogen and oxygen atoms in total. The smallest absolute Gasteiger partial charge is 0.147 e. The Morgan fingerprint density at radius 2 is 1.12 bits per heavy atom. The number of hydrogen-bond donors (Lipinski definition) is 0. The fourth-order valence-corrected chi connectivity index (χ4v) is 0.141. The topological polar surface area (TPSA) is 49.4 Å². The van der Waals surface area contributed by atoms with Gasteiger partial charge in [0.2, 0.25) is 0 Å². The summed E-state index contributed by atoms with van der Waals surface area (Å²) in [5.74, 6) is 0. The summed E-state index contributed by atoms with van der Waals surface area (Å²) in [6.45, 7) is 0.417. The molecule has 0 spiro atoms. The molecule has 0 fully saturated rings. The zero-order valence-corrected chi connectivity index (χ0v) is 6.17. The van der Waals surface area contributed by atoms with Crippen LogP contribution in [0.25, 0.3) is 0 Å². The van der Waals surface area contributed by atoms with Gasteiger partial charge in [-0.2, -0.15) is 0 Å². The van der Waals surface area contributed by atoms with Crippen molar-refractivity contribution in [2.45, 2.75) is 0 Å². The summed E-state index contributed by atoms with van der Waals surface area (Å²) < 4.78 is 0. The maximum Gasteiger partial charge on any atom is 0.175 e. The molecule has 0 N–H and O–H groups in total. The van der Waals surface area contributed by atoms with Crippen LogP contribution in [0.4, 0.5) is 0 Å². The highest BCUT2D eigenvalue weighted by atomic mass is 35.5. The van der Waals surface area contributed by atoms with Gasteiger partial charge in [0.25, 0.3) is 0 Å². The van der Waals surface area contributed by atoms with Crippen LogP contribution in [0.2, 0.25) is 0 Å². The van der Waals surface area contributed by atoms with Gasteiger partial charge in [0.1, 0.15) is 0 Å². The summed E-state index contributed by atoms with van der Waals surface area (Å²) >= 11 is 0. The first-order valence-corrected chi connectivity index (χ1v) is 1.23. The van der Waals surface area contributed by atoms with Gasteiger partial charge in [0.15, 0.2) is 6.67 Å². The SMILES string of the molecule is C1N=NN=N1.Cl.Cl.Cl. The van der Waals surface area contributed by atoms with E-state index >= 15 is 0 Å². The first kappa shape index (κ1) is 15.7. The number of halogens is 3. The van der Waals surface area contributed by atoms with Gasteiger partial charge < -0.3 is 0 Å². The van der Waals surface area contributed by atoms with E-state index in [-0.39, 0.29) is 37.2 Å². The molecular formula is CH5Cl3N4. The molecule has 1 aliphatic rings. The molecule has 0 atom stereocenters. The Labute approximate surface area is 65.1 Å². The highest BCUT2D eigenvalue weighted by Gasteiger charge is 1.76. The molecule has 8 heavy (non-hydrogen) atoms. The summed E-state index contributed by atoms with van der Waals surface area (Å²) in [4.78, 5) is 0. The minimum Gasteiger partial charge on any atom is -0.147 e. The largest absolute Gasteiger partial charge is 0.175 e. The summed E-state index contributed by atoms with van der Waals surface area (Å²) in [5.41, 5.74) is 0. The van der Waals surface area contributed by atoms with Crippen LogP contribution in [0.3, 0.4) is 0 Å². The van der Waals surface area contributed by atoms with E-state index in [1.807, 2.05) is 0 Å². The Bertz CT molecular complexity index is 69.4. The lowest BCUT2D eigenvalue weighted by Crippen LogP contribution is -1.52. The normalized spacial score (nSPS) is 11.0. The Morgan fingerprint density at radius 1 is 0.750 bits per heavy atom. The van der Waals surface area contributed by atoms with Gasteiger partial charge in [-0.25, -0.2) is 0 Å². The summed E-state index contributed by atoms with van der Waals surface area (Å²) in [7, 11) is 0. The molecule has 7 heteroatoms. The lowest BCUT2D eigenvalue weighted by atomic mass is 11.2. The van der Waals surface area contributed by atoms with Crippen molar-refractivity contribution in [2.24, 2.45) is 20.7 Å². The third-order valence-electron chi connectivity index (χ3n) is 0.293.